The molecule has 0 radical (unpaired) electrons. The molecule has 0 aliphatic rings. The van der Waals surface area contributed by atoms with Crippen molar-refractivity contribution in [3.8, 4) is 5.75 Å². The largest absolute Gasteiger partial charge is 0.495 e. The summed E-state index contributed by atoms with van der Waals surface area (Å²) in [6.45, 7) is 0. The van der Waals surface area contributed by atoms with Crippen LogP contribution in [-0.4, -0.2) is 7.11 Å². The van der Waals surface area contributed by atoms with E-state index < -0.39 is 0 Å². The second kappa shape index (κ2) is 6.26. The van der Waals surface area contributed by atoms with Gasteiger partial charge in [0.25, 0.3) is 0 Å². The van der Waals surface area contributed by atoms with Gasteiger partial charge >= 0.3 is 0 Å². The number of alkyl halides is 1. The maximum Gasteiger partial charge on any atom is 0.137 e. The molecule has 0 aliphatic carbocycles. The van der Waals surface area contributed by atoms with Crippen LogP contribution in [0.3, 0.4) is 0 Å². The molecule has 0 saturated carbocycles. The van der Waals surface area contributed by atoms with Crippen molar-refractivity contribution in [2.24, 2.45) is 0 Å². The maximum absolute atomic E-state index is 6.13. The van der Waals surface area contributed by atoms with Crippen molar-refractivity contribution in [2.75, 3.05) is 7.11 Å². The zero-order chi connectivity index (χ0) is 13.0. The zero-order valence-corrected chi connectivity index (χ0v) is 12.4. The number of halogens is 2. The van der Waals surface area contributed by atoms with E-state index in [-0.39, 0.29) is 4.83 Å². The first-order valence-electron chi connectivity index (χ1n) is 5.72. The lowest BCUT2D eigenvalue weighted by Gasteiger charge is -2.12. The van der Waals surface area contributed by atoms with Gasteiger partial charge in [-0.3, -0.25) is 0 Å². The van der Waals surface area contributed by atoms with Crippen molar-refractivity contribution < 1.29 is 4.74 Å². The van der Waals surface area contributed by atoms with E-state index in [2.05, 4.69) is 40.2 Å². The van der Waals surface area contributed by atoms with Crippen LogP contribution in [0, 0.1) is 0 Å². The molecule has 94 valence electrons. The van der Waals surface area contributed by atoms with Gasteiger partial charge in [0, 0.05) is 4.83 Å². The van der Waals surface area contributed by atoms with Gasteiger partial charge in [0.2, 0.25) is 0 Å². The van der Waals surface area contributed by atoms with E-state index in [0.717, 1.165) is 12.0 Å². The highest BCUT2D eigenvalue weighted by molar-refractivity contribution is 9.09. The third-order valence-corrected chi connectivity index (χ3v) is 3.94. The van der Waals surface area contributed by atoms with E-state index in [9.17, 15) is 0 Å². The highest BCUT2D eigenvalue weighted by atomic mass is 79.9. The van der Waals surface area contributed by atoms with Crippen molar-refractivity contribution >= 4 is 27.5 Å². The third kappa shape index (κ3) is 3.27. The van der Waals surface area contributed by atoms with Gasteiger partial charge in [0.05, 0.1) is 12.1 Å². The lowest BCUT2D eigenvalue weighted by molar-refractivity contribution is 0.415. The molecule has 1 unspecified atom stereocenters. The van der Waals surface area contributed by atoms with Crippen LogP contribution in [0.15, 0.2) is 48.5 Å². The Morgan fingerprint density at radius 3 is 2.50 bits per heavy atom. The molecule has 0 heterocycles. The first-order valence-corrected chi connectivity index (χ1v) is 7.01. The predicted molar refractivity (Wildman–Crippen MR) is 79.8 cm³/mol. The molecule has 0 N–H and O–H groups in total. The van der Waals surface area contributed by atoms with E-state index >= 15 is 0 Å². The number of ether oxygens (including phenoxy) is 1. The number of methoxy groups -OCH3 is 1. The summed E-state index contributed by atoms with van der Waals surface area (Å²) in [4.78, 5) is 0.253. The van der Waals surface area contributed by atoms with Gasteiger partial charge in [0.1, 0.15) is 5.75 Å². The van der Waals surface area contributed by atoms with E-state index in [1.165, 1.54) is 5.56 Å². The Bertz CT molecular complexity index is 513. The van der Waals surface area contributed by atoms with Gasteiger partial charge in [-0.15, -0.1) is 0 Å². The Kier molecular flexibility index (Phi) is 4.67. The van der Waals surface area contributed by atoms with Gasteiger partial charge in [-0.2, -0.15) is 0 Å². The second-order valence-electron chi connectivity index (χ2n) is 4.05. The van der Waals surface area contributed by atoms with E-state index in [1.807, 2.05) is 24.3 Å². The normalized spacial score (nSPS) is 12.2. The Balaban J connectivity index is 2.14. The number of hydrogen-bond donors (Lipinski definition) is 0. The van der Waals surface area contributed by atoms with E-state index in [4.69, 9.17) is 16.3 Å². The van der Waals surface area contributed by atoms with Crippen LogP contribution in [0.4, 0.5) is 0 Å². The molecule has 0 fully saturated rings. The molecule has 2 aromatic carbocycles. The quantitative estimate of drug-likeness (QED) is 0.717. The molecule has 2 aromatic rings. The molecule has 0 spiro atoms. The molecule has 0 bridgehead atoms. The number of rotatable bonds is 4. The fourth-order valence-electron chi connectivity index (χ4n) is 1.82. The minimum Gasteiger partial charge on any atom is -0.495 e. The Hall–Kier alpha value is -0.990. The summed E-state index contributed by atoms with van der Waals surface area (Å²) >= 11 is 9.83. The Morgan fingerprint density at radius 2 is 1.89 bits per heavy atom. The summed E-state index contributed by atoms with van der Waals surface area (Å²) in [5, 5.41) is 0.646. The zero-order valence-electron chi connectivity index (χ0n) is 10.1. The van der Waals surface area contributed by atoms with Gasteiger partial charge in [-0.1, -0.05) is 63.9 Å². The molecule has 0 amide bonds. The lowest BCUT2D eigenvalue weighted by Crippen LogP contribution is -1.96. The number of benzene rings is 2. The fourth-order valence-corrected chi connectivity index (χ4v) is 2.74. The Labute approximate surface area is 121 Å². The summed E-state index contributed by atoms with van der Waals surface area (Å²) in [6, 6.07) is 16.3. The van der Waals surface area contributed by atoms with Crippen LogP contribution in [0.25, 0.3) is 0 Å². The van der Waals surface area contributed by atoms with Gasteiger partial charge < -0.3 is 4.74 Å². The van der Waals surface area contributed by atoms with E-state index in [0.29, 0.717) is 10.8 Å². The lowest BCUT2D eigenvalue weighted by atomic mass is 10.0. The monoisotopic (exact) mass is 324 g/mol. The molecule has 0 aliphatic heterocycles. The highest BCUT2D eigenvalue weighted by Gasteiger charge is 2.10. The summed E-state index contributed by atoms with van der Waals surface area (Å²) in [6.07, 6.45) is 0.934. The maximum atomic E-state index is 6.13. The molecular formula is C15H14BrClO. The standard InChI is InChI=1S/C15H14BrClO/c1-18-15-8-7-12(10-14(15)17)13(16)9-11-5-3-2-4-6-11/h2-8,10,13H,9H2,1H3. The van der Waals surface area contributed by atoms with Crippen molar-refractivity contribution in [3.63, 3.8) is 0 Å². The van der Waals surface area contributed by atoms with Crippen LogP contribution in [0.2, 0.25) is 5.02 Å². The van der Waals surface area contributed by atoms with Crippen LogP contribution in [0.1, 0.15) is 16.0 Å². The fraction of sp³-hybridized carbons (Fsp3) is 0.200. The van der Waals surface area contributed by atoms with Crippen LogP contribution in [0.5, 0.6) is 5.75 Å². The smallest absolute Gasteiger partial charge is 0.137 e. The van der Waals surface area contributed by atoms with Crippen molar-refractivity contribution in [3.05, 3.63) is 64.7 Å². The number of hydrogen-bond acceptors (Lipinski definition) is 1. The van der Waals surface area contributed by atoms with Crippen molar-refractivity contribution in [1.82, 2.24) is 0 Å². The average molecular weight is 326 g/mol. The molecule has 1 atom stereocenters. The third-order valence-electron chi connectivity index (χ3n) is 2.80. The molecule has 18 heavy (non-hydrogen) atoms. The average Bonchev–Trinajstić information content (AvgIpc) is 2.39. The molecule has 0 saturated heterocycles. The SMILES string of the molecule is COc1ccc(C(Br)Cc2ccccc2)cc1Cl. The molecule has 2 rings (SSSR count). The minimum absolute atomic E-state index is 0.253. The molecule has 0 aromatic heterocycles. The van der Waals surface area contributed by atoms with Crippen molar-refractivity contribution in [1.29, 1.82) is 0 Å². The van der Waals surface area contributed by atoms with Crippen LogP contribution >= 0.6 is 27.5 Å². The second-order valence-corrected chi connectivity index (χ2v) is 5.56. The molecule has 1 nitrogen and oxygen atoms in total. The topological polar surface area (TPSA) is 9.23 Å². The first-order chi connectivity index (χ1) is 8.70. The Morgan fingerprint density at radius 1 is 1.17 bits per heavy atom. The predicted octanol–water partition coefficient (Wildman–Crippen LogP) is 5.03. The highest BCUT2D eigenvalue weighted by Crippen LogP contribution is 2.32. The summed E-state index contributed by atoms with van der Waals surface area (Å²) in [5.41, 5.74) is 2.45. The van der Waals surface area contributed by atoms with Gasteiger partial charge in [0.15, 0.2) is 0 Å². The summed E-state index contributed by atoms with van der Waals surface area (Å²) in [5.74, 6) is 0.708. The molecular weight excluding hydrogens is 312 g/mol. The molecule has 3 heteroatoms. The van der Waals surface area contributed by atoms with Crippen LogP contribution < -0.4 is 4.74 Å². The van der Waals surface area contributed by atoms with Crippen molar-refractivity contribution in [2.45, 2.75) is 11.2 Å². The summed E-state index contributed by atoms with van der Waals surface area (Å²) < 4.78 is 5.15. The first kappa shape index (κ1) is 13.4. The summed E-state index contributed by atoms with van der Waals surface area (Å²) in [7, 11) is 1.62. The minimum atomic E-state index is 0.253. The van der Waals surface area contributed by atoms with Gasteiger partial charge in [-0.25, -0.2) is 0 Å². The van der Waals surface area contributed by atoms with Gasteiger partial charge in [-0.05, 0) is 29.7 Å². The van der Waals surface area contributed by atoms with Crippen LogP contribution in [-0.2, 0) is 6.42 Å². The van der Waals surface area contributed by atoms with E-state index in [1.54, 1.807) is 7.11 Å².